The van der Waals surface area contributed by atoms with Gasteiger partial charge < -0.3 is 19.3 Å². The second-order valence-electron chi connectivity index (χ2n) is 6.45. The summed E-state index contributed by atoms with van der Waals surface area (Å²) >= 11 is 0. The molecule has 0 bridgehead atoms. The van der Waals surface area contributed by atoms with Crippen LogP contribution in [-0.4, -0.2) is 43.9 Å². The van der Waals surface area contributed by atoms with Gasteiger partial charge in [-0.3, -0.25) is 4.90 Å². The molecule has 27 heavy (non-hydrogen) atoms. The topological polar surface area (TPSA) is 75.0 Å². The van der Waals surface area contributed by atoms with Crippen LogP contribution in [0.1, 0.15) is 29.2 Å². The predicted octanol–water partition coefficient (Wildman–Crippen LogP) is 2.89. The van der Waals surface area contributed by atoms with E-state index in [2.05, 4.69) is 11.0 Å². The number of β-amino-alcohol motifs (C(OH)–C–C–N with tert-alkyl or cyclic N) is 1. The lowest BCUT2D eigenvalue weighted by Gasteiger charge is -2.33. The number of aliphatic hydroxyl groups excluding tert-OH is 1. The van der Waals surface area contributed by atoms with E-state index in [0.29, 0.717) is 31.0 Å². The standard InChI is InChI=1S/C21H24N2O4/c1-25-19-8-9-20(26-2)21-17(19)13-23(14-18(21)24)10-3-11-27-16-6-4-15(12-22)5-7-16/h4-9,18,24H,3,10-11,13-14H2,1-2H3/t18-/m1/s1. The van der Waals surface area contributed by atoms with Crippen LogP contribution in [-0.2, 0) is 6.54 Å². The molecule has 0 radical (unpaired) electrons. The van der Waals surface area contributed by atoms with E-state index in [1.54, 1.807) is 38.5 Å². The maximum Gasteiger partial charge on any atom is 0.125 e. The molecule has 0 aliphatic carbocycles. The number of ether oxygens (including phenoxy) is 3. The first kappa shape index (κ1) is 19.0. The largest absolute Gasteiger partial charge is 0.496 e. The molecule has 1 atom stereocenters. The van der Waals surface area contributed by atoms with E-state index in [1.165, 1.54) is 0 Å². The van der Waals surface area contributed by atoms with Crippen molar-refractivity contribution in [2.75, 3.05) is 33.9 Å². The molecule has 0 unspecified atom stereocenters. The maximum absolute atomic E-state index is 10.6. The van der Waals surface area contributed by atoms with Crippen molar-refractivity contribution in [3.8, 4) is 23.3 Å². The summed E-state index contributed by atoms with van der Waals surface area (Å²) in [6, 6.07) is 12.9. The molecule has 0 spiro atoms. The van der Waals surface area contributed by atoms with Crippen LogP contribution in [0.25, 0.3) is 0 Å². The third kappa shape index (κ3) is 4.33. The summed E-state index contributed by atoms with van der Waals surface area (Å²) in [4.78, 5) is 2.19. The van der Waals surface area contributed by atoms with Crippen LogP contribution in [0, 0.1) is 11.3 Å². The van der Waals surface area contributed by atoms with Gasteiger partial charge in [0, 0.05) is 30.8 Å². The molecule has 0 amide bonds. The van der Waals surface area contributed by atoms with Crippen LogP contribution < -0.4 is 14.2 Å². The Kier molecular flexibility index (Phi) is 6.17. The third-order valence-corrected chi connectivity index (χ3v) is 4.73. The zero-order valence-electron chi connectivity index (χ0n) is 15.6. The Morgan fingerprint density at radius 3 is 2.48 bits per heavy atom. The van der Waals surface area contributed by atoms with Crippen molar-refractivity contribution in [3.63, 3.8) is 0 Å². The van der Waals surface area contributed by atoms with E-state index in [1.807, 2.05) is 12.1 Å². The minimum absolute atomic E-state index is 0.549. The molecular formula is C21H24N2O4. The van der Waals surface area contributed by atoms with Crippen LogP contribution in [0.3, 0.4) is 0 Å². The van der Waals surface area contributed by atoms with Crippen molar-refractivity contribution in [2.45, 2.75) is 19.1 Å². The number of benzene rings is 2. The maximum atomic E-state index is 10.6. The molecule has 0 saturated heterocycles. The first-order valence-electron chi connectivity index (χ1n) is 8.93. The Bertz CT molecular complexity index is 814. The number of nitrogens with zero attached hydrogens (tertiary/aromatic N) is 2. The zero-order chi connectivity index (χ0) is 19.2. The number of hydrogen-bond acceptors (Lipinski definition) is 6. The van der Waals surface area contributed by atoms with Crippen LogP contribution in [0.2, 0.25) is 0 Å². The summed E-state index contributed by atoms with van der Waals surface area (Å²) in [5, 5.41) is 19.4. The highest BCUT2D eigenvalue weighted by atomic mass is 16.5. The number of hydrogen-bond donors (Lipinski definition) is 1. The van der Waals surface area contributed by atoms with Gasteiger partial charge in [0.05, 0.1) is 38.6 Å². The molecule has 2 aromatic carbocycles. The second-order valence-corrected chi connectivity index (χ2v) is 6.45. The van der Waals surface area contributed by atoms with Gasteiger partial charge in [0.15, 0.2) is 0 Å². The summed E-state index contributed by atoms with van der Waals surface area (Å²) in [5.41, 5.74) is 2.42. The molecule has 1 aliphatic heterocycles. The lowest BCUT2D eigenvalue weighted by atomic mass is 9.95. The second kappa shape index (κ2) is 8.76. The van der Waals surface area contributed by atoms with Gasteiger partial charge in [-0.05, 0) is 42.8 Å². The number of methoxy groups -OCH3 is 2. The Morgan fingerprint density at radius 2 is 1.81 bits per heavy atom. The fraction of sp³-hybridized carbons (Fsp3) is 0.381. The molecule has 6 nitrogen and oxygen atoms in total. The van der Waals surface area contributed by atoms with Gasteiger partial charge in [-0.15, -0.1) is 0 Å². The zero-order valence-corrected chi connectivity index (χ0v) is 15.6. The lowest BCUT2D eigenvalue weighted by Crippen LogP contribution is -2.35. The summed E-state index contributed by atoms with van der Waals surface area (Å²) < 4.78 is 16.6. The van der Waals surface area contributed by atoms with E-state index < -0.39 is 6.10 Å². The summed E-state index contributed by atoms with van der Waals surface area (Å²) in [6.45, 7) is 2.62. The average Bonchev–Trinajstić information content (AvgIpc) is 2.70. The SMILES string of the molecule is COc1ccc(OC)c2c1CN(CCCOc1ccc(C#N)cc1)C[C@H]2O. The fourth-order valence-electron chi connectivity index (χ4n) is 3.42. The Morgan fingerprint density at radius 1 is 1.11 bits per heavy atom. The molecule has 0 fully saturated rings. The Balaban J connectivity index is 1.57. The minimum atomic E-state index is -0.613. The highest BCUT2D eigenvalue weighted by molar-refractivity contribution is 5.51. The van der Waals surface area contributed by atoms with Gasteiger partial charge in [-0.2, -0.15) is 5.26 Å². The number of fused-ring (bicyclic) bond motifs is 1. The summed E-state index contributed by atoms with van der Waals surface area (Å²) in [5.74, 6) is 2.22. The van der Waals surface area contributed by atoms with Crippen LogP contribution in [0.15, 0.2) is 36.4 Å². The van der Waals surface area contributed by atoms with Crippen molar-refractivity contribution in [2.24, 2.45) is 0 Å². The quantitative estimate of drug-likeness (QED) is 0.758. The number of aliphatic hydroxyl groups is 1. The highest BCUT2D eigenvalue weighted by Crippen LogP contribution is 2.39. The monoisotopic (exact) mass is 368 g/mol. The molecule has 1 aliphatic rings. The van der Waals surface area contributed by atoms with Crippen molar-refractivity contribution < 1.29 is 19.3 Å². The van der Waals surface area contributed by atoms with Crippen LogP contribution >= 0.6 is 0 Å². The molecule has 0 saturated carbocycles. The molecule has 1 N–H and O–H groups in total. The van der Waals surface area contributed by atoms with E-state index in [-0.39, 0.29) is 0 Å². The Labute approximate surface area is 159 Å². The van der Waals surface area contributed by atoms with Gasteiger partial charge in [0.2, 0.25) is 0 Å². The van der Waals surface area contributed by atoms with Gasteiger partial charge in [-0.1, -0.05) is 0 Å². The lowest BCUT2D eigenvalue weighted by molar-refractivity contribution is 0.0850. The van der Waals surface area contributed by atoms with E-state index in [0.717, 1.165) is 35.6 Å². The molecule has 2 aromatic rings. The van der Waals surface area contributed by atoms with Crippen LogP contribution in [0.5, 0.6) is 17.2 Å². The number of nitriles is 1. The van der Waals surface area contributed by atoms with Crippen molar-refractivity contribution in [1.82, 2.24) is 4.90 Å². The first-order chi connectivity index (χ1) is 13.2. The molecule has 0 aromatic heterocycles. The minimum Gasteiger partial charge on any atom is -0.496 e. The smallest absolute Gasteiger partial charge is 0.125 e. The molecule has 3 rings (SSSR count). The Hall–Kier alpha value is -2.75. The average molecular weight is 368 g/mol. The predicted molar refractivity (Wildman–Crippen MR) is 101 cm³/mol. The van der Waals surface area contributed by atoms with Gasteiger partial charge in [0.25, 0.3) is 0 Å². The third-order valence-electron chi connectivity index (χ3n) is 4.73. The van der Waals surface area contributed by atoms with Gasteiger partial charge >= 0.3 is 0 Å². The summed E-state index contributed by atoms with van der Waals surface area (Å²) in [7, 11) is 3.25. The summed E-state index contributed by atoms with van der Waals surface area (Å²) in [6.07, 6.45) is 0.215. The van der Waals surface area contributed by atoms with Crippen molar-refractivity contribution >= 4 is 0 Å². The molecule has 1 heterocycles. The van der Waals surface area contributed by atoms with E-state index >= 15 is 0 Å². The van der Waals surface area contributed by atoms with Crippen molar-refractivity contribution in [1.29, 1.82) is 5.26 Å². The molecule has 142 valence electrons. The highest BCUT2D eigenvalue weighted by Gasteiger charge is 2.29. The van der Waals surface area contributed by atoms with Gasteiger partial charge in [-0.25, -0.2) is 0 Å². The molecule has 6 heteroatoms. The fourth-order valence-corrected chi connectivity index (χ4v) is 3.42. The van der Waals surface area contributed by atoms with E-state index in [4.69, 9.17) is 19.5 Å². The van der Waals surface area contributed by atoms with Crippen LogP contribution in [0.4, 0.5) is 0 Å². The van der Waals surface area contributed by atoms with Crippen molar-refractivity contribution in [3.05, 3.63) is 53.1 Å². The molecular weight excluding hydrogens is 344 g/mol. The normalized spacial score (nSPS) is 16.3. The number of rotatable bonds is 7. The van der Waals surface area contributed by atoms with Gasteiger partial charge in [0.1, 0.15) is 17.2 Å². The van der Waals surface area contributed by atoms with E-state index in [9.17, 15) is 5.11 Å². The first-order valence-corrected chi connectivity index (χ1v) is 8.93.